The van der Waals surface area contributed by atoms with Crippen LogP contribution in [0.4, 0.5) is 5.82 Å². The summed E-state index contributed by atoms with van der Waals surface area (Å²) in [7, 11) is 5.18. The van der Waals surface area contributed by atoms with Crippen molar-refractivity contribution >= 4 is 19.3 Å². The Morgan fingerprint density at radius 2 is 2.57 bits per heavy atom. The zero-order valence-electron chi connectivity index (χ0n) is 3.68. The molecule has 0 aromatic carbocycles. The number of rotatable bonds is 0. The highest BCUT2D eigenvalue weighted by molar-refractivity contribution is 6.30. The van der Waals surface area contributed by atoms with Gasteiger partial charge in [-0.3, -0.25) is 5.10 Å². The molecule has 34 valence electrons. The van der Waals surface area contributed by atoms with Gasteiger partial charge in [0, 0.05) is 0 Å². The van der Waals surface area contributed by atoms with Gasteiger partial charge in [0.15, 0.2) is 0 Å². The van der Waals surface area contributed by atoms with E-state index in [0.29, 0.717) is 11.4 Å². The Balaban J connectivity index is 3.04. The standard InChI is InChI=1S/C3H4BN3/c4-2-1-3(5)7-6-2/h1H,(H3,5,6,7). The lowest BCUT2D eigenvalue weighted by Gasteiger charge is -1.68. The van der Waals surface area contributed by atoms with E-state index in [1.165, 1.54) is 0 Å². The van der Waals surface area contributed by atoms with Gasteiger partial charge in [0.1, 0.15) is 13.7 Å². The summed E-state index contributed by atoms with van der Waals surface area (Å²) in [6.45, 7) is 0. The first-order chi connectivity index (χ1) is 3.29. The first-order valence-corrected chi connectivity index (χ1v) is 1.85. The molecule has 0 aliphatic heterocycles. The van der Waals surface area contributed by atoms with Crippen LogP contribution in [0, 0.1) is 0 Å². The van der Waals surface area contributed by atoms with Crippen molar-refractivity contribution in [1.29, 1.82) is 0 Å². The number of hydrogen-bond donors (Lipinski definition) is 2. The lowest BCUT2D eigenvalue weighted by atomic mass is 10.1. The van der Waals surface area contributed by atoms with E-state index < -0.39 is 0 Å². The molecule has 0 fully saturated rings. The van der Waals surface area contributed by atoms with Crippen LogP contribution in [0.3, 0.4) is 0 Å². The second-order valence-electron chi connectivity index (χ2n) is 1.25. The fraction of sp³-hybridized carbons (Fsp3) is 0. The van der Waals surface area contributed by atoms with Crippen LogP contribution in [0.1, 0.15) is 0 Å². The van der Waals surface area contributed by atoms with Gasteiger partial charge in [-0.25, -0.2) is 0 Å². The normalized spacial score (nSPS) is 9.14. The average molecular weight is 92.9 g/mol. The van der Waals surface area contributed by atoms with Crippen molar-refractivity contribution in [3.63, 3.8) is 0 Å². The Kier molecular flexibility index (Phi) is 0.783. The molecule has 3 N–H and O–H groups in total. The van der Waals surface area contributed by atoms with E-state index in [0.717, 1.165) is 0 Å². The predicted octanol–water partition coefficient (Wildman–Crippen LogP) is -1.21. The molecule has 0 aliphatic carbocycles. The van der Waals surface area contributed by atoms with E-state index in [9.17, 15) is 0 Å². The highest BCUT2D eigenvalue weighted by atomic mass is 15.1. The summed E-state index contributed by atoms with van der Waals surface area (Å²) in [5, 5.41) is 6.02. The van der Waals surface area contributed by atoms with Crippen LogP contribution in [-0.2, 0) is 0 Å². The smallest absolute Gasteiger partial charge is 0.144 e. The summed E-state index contributed by atoms with van der Waals surface area (Å²) < 4.78 is 0. The van der Waals surface area contributed by atoms with Crippen molar-refractivity contribution in [3.05, 3.63) is 6.07 Å². The summed E-state index contributed by atoms with van der Waals surface area (Å²) in [6, 6.07) is 1.56. The molecular formula is C3H4BN3. The van der Waals surface area contributed by atoms with Gasteiger partial charge in [0.05, 0.1) is 0 Å². The van der Waals surface area contributed by atoms with Gasteiger partial charge in [-0.1, -0.05) is 0 Å². The molecule has 0 bridgehead atoms. The van der Waals surface area contributed by atoms with Gasteiger partial charge in [0.2, 0.25) is 0 Å². The number of H-pyrrole nitrogens is 1. The highest BCUT2D eigenvalue weighted by Gasteiger charge is 1.84. The van der Waals surface area contributed by atoms with Crippen molar-refractivity contribution in [1.82, 2.24) is 10.2 Å². The minimum atomic E-state index is 0.428. The number of aromatic amines is 1. The van der Waals surface area contributed by atoms with E-state index in [-0.39, 0.29) is 0 Å². The summed E-state index contributed by atoms with van der Waals surface area (Å²) in [6.07, 6.45) is 0. The van der Waals surface area contributed by atoms with Gasteiger partial charge in [-0.15, -0.1) is 0 Å². The molecule has 0 amide bonds. The number of aromatic nitrogens is 2. The maximum atomic E-state index is 5.18. The maximum absolute atomic E-state index is 5.18. The number of nitrogen functional groups attached to an aromatic ring is 1. The lowest BCUT2D eigenvalue weighted by Crippen LogP contribution is -2.00. The van der Waals surface area contributed by atoms with Crippen molar-refractivity contribution < 1.29 is 0 Å². The highest BCUT2D eigenvalue weighted by Crippen LogP contribution is 1.83. The van der Waals surface area contributed by atoms with Gasteiger partial charge in [-0.05, 0) is 11.7 Å². The Labute approximate surface area is 42.3 Å². The summed E-state index contributed by atoms with van der Waals surface area (Å²) >= 11 is 0. The van der Waals surface area contributed by atoms with Crippen LogP contribution in [0.25, 0.3) is 0 Å². The molecule has 1 rings (SSSR count). The molecule has 0 unspecified atom stereocenters. The molecule has 0 aliphatic rings. The van der Waals surface area contributed by atoms with Crippen molar-refractivity contribution in [2.75, 3.05) is 5.73 Å². The Hall–Kier alpha value is -0.925. The minimum Gasteiger partial charge on any atom is -0.382 e. The number of nitrogens with zero attached hydrogens (tertiary/aromatic N) is 1. The molecule has 0 saturated heterocycles. The fourth-order valence-corrected chi connectivity index (χ4v) is 0.353. The molecule has 1 aromatic rings. The van der Waals surface area contributed by atoms with Crippen LogP contribution in [0.2, 0.25) is 0 Å². The minimum absolute atomic E-state index is 0.428. The third-order valence-electron chi connectivity index (χ3n) is 0.617. The Morgan fingerprint density at radius 3 is 2.71 bits per heavy atom. The Morgan fingerprint density at radius 1 is 1.86 bits per heavy atom. The number of anilines is 1. The summed E-state index contributed by atoms with van der Waals surface area (Å²) in [5.74, 6) is 0.428. The molecule has 1 heterocycles. The van der Waals surface area contributed by atoms with Gasteiger partial charge >= 0.3 is 0 Å². The zero-order chi connectivity index (χ0) is 5.28. The van der Waals surface area contributed by atoms with Crippen LogP contribution < -0.4 is 11.3 Å². The molecule has 4 heteroatoms. The largest absolute Gasteiger partial charge is 0.382 e. The Bertz CT molecular complexity index is 142. The van der Waals surface area contributed by atoms with E-state index in [1.807, 2.05) is 0 Å². The number of nitrogens with one attached hydrogen (secondary N) is 1. The topological polar surface area (TPSA) is 54.7 Å². The third kappa shape index (κ3) is 0.736. The van der Waals surface area contributed by atoms with E-state index in [2.05, 4.69) is 10.2 Å². The van der Waals surface area contributed by atoms with Gasteiger partial charge in [-0.2, -0.15) is 5.10 Å². The molecular weight excluding hydrogens is 88.9 g/mol. The maximum Gasteiger partial charge on any atom is 0.144 e. The van der Waals surface area contributed by atoms with Gasteiger partial charge < -0.3 is 5.73 Å². The van der Waals surface area contributed by atoms with Crippen molar-refractivity contribution in [2.24, 2.45) is 0 Å². The lowest BCUT2D eigenvalue weighted by molar-refractivity contribution is 1.12. The average Bonchev–Trinajstić information content (AvgIpc) is 1.87. The van der Waals surface area contributed by atoms with Crippen LogP contribution in [0.5, 0.6) is 0 Å². The molecule has 3 nitrogen and oxygen atoms in total. The van der Waals surface area contributed by atoms with Crippen molar-refractivity contribution in [2.45, 2.75) is 0 Å². The molecule has 1 aromatic heterocycles. The summed E-state index contributed by atoms with van der Waals surface area (Å²) in [4.78, 5) is 0. The quantitative estimate of drug-likeness (QED) is 0.395. The van der Waals surface area contributed by atoms with E-state index in [1.54, 1.807) is 6.07 Å². The fourth-order valence-electron chi connectivity index (χ4n) is 0.353. The second-order valence-corrected chi connectivity index (χ2v) is 1.25. The molecule has 0 saturated carbocycles. The number of hydrogen-bond acceptors (Lipinski definition) is 2. The molecule has 0 atom stereocenters. The third-order valence-corrected chi connectivity index (χ3v) is 0.617. The van der Waals surface area contributed by atoms with Gasteiger partial charge in [0.25, 0.3) is 0 Å². The van der Waals surface area contributed by atoms with Crippen LogP contribution in [0.15, 0.2) is 6.07 Å². The summed E-state index contributed by atoms with van der Waals surface area (Å²) in [5.41, 5.74) is 5.65. The first-order valence-electron chi connectivity index (χ1n) is 1.85. The zero-order valence-corrected chi connectivity index (χ0v) is 3.68. The van der Waals surface area contributed by atoms with E-state index >= 15 is 0 Å². The molecule has 2 radical (unpaired) electrons. The SMILES string of the molecule is [B]c1cc(N)n[nH]1. The van der Waals surface area contributed by atoms with E-state index in [4.69, 9.17) is 13.6 Å². The second kappa shape index (κ2) is 1.29. The van der Waals surface area contributed by atoms with Crippen molar-refractivity contribution in [3.8, 4) is 0 Å². The number of nitrogens with two attached hydrogens (primary N) is 1. The first kappa shape index (κ1) is 4.24. The molecule has 0 spiro atoms. The van der Waals surface area contributed by atoms with Crippen LogP contribution >= 0.6 is 0 Å². The monoisotopic (exact) mass is 93.0 g/mol. The molecule has 7 heavy (non-hydrogen) atoms. The predicted molar refractivity (Wildman–Crippen MR) is 28.4 cm³/mol. The van der Waals surface area contributed by atoms with Crippen LogP contribution in [-0.4, -0.2) is 18.0 Å².